The summed E-state index contributed by atoms with van der Waals surface area (Å²) < 4.78 is 21.4. The minimum Gasteiger partial charge on any atom is -0.497 e. The van der Waals surface area contributed by atoms with Crippen molar-refractivity contribution >= 4 is 23.4 Å². The Hall–Kier alpha value is -3.79. The van der Waals surface area contributed by atoms with Crippen LogP contribution in [0.5, 0.6) is 11.5 Å². The van der Waals surface area contributed by atoms with E-state index in [4.69, 9.17) is 18.3 Å². The largest absolute Gasteiger partial charge is 0.497 e. The predicted octanol–water partition coefficient (Wildman–Crippen LogP) is 4.14. The Morgan fingerprint density at radius 2 is 1.74 bits per heavy atom. The van der Waals surface area contributed by atoms with Crippen LogP contribution in [0, 0.1) is 0 Å². The van der Waals surface area contributed by atoms with Crippen LogP contribution in [0.4, 0.5) is 5.69 Å². The van der Waals surface area contributed by atoms with Gasteiger partial charge in [-0.05, 0) is 36.4 Å². The fourth-order valence-corrected chi connectivity index (χ4v) is 3.35. The number of ether oxygens (including phenoxy) is 2. The lowest BCUT2D eigenvalue weighted by atomic mass is 10.2. The molecular weight excluding hydrogens is 420 g/mol. The van der Waals surface area contributed by atoms with E-state index in [1.807, 2.05) is 0 Å². The molecule has 9 nitrogen and oxygen atoms in total. The lowest BCUT2D eigenvalue weighted by Crippen LogP contribution is -2.15. The van der Waals surface area contributed by atoms with Crippen LogP contribution in [-0.2, 0) is 4.79 Å². The average Bonchev–Trinajstić information content (AvgIpc) is 3.52. The first-order valence-corrected chi connectivity index (χ1v) is 10.1. The highest BCUT2D eigenvalue weighted by Gasteiger charge is 2.18. The molecule has 0 bridgehead atoms. The average molecular weight is 438 g/mol. The SMILES string of the molecule is COc1ccc(OC)c(NC(=O)CSc2nnc(-c3ccco3)c(-c3ccco3)n2)c1. The second kappa shape index (κ2) is 9.35. The van der Waals surface area contributed by atoms with Gasteiger partial charge in [-0.2, -0.15) is 0 Å². The molecule has 0 aliphatic rings. The third-order valence-electron chi connectivity index (χ3n) is 4.19. The van der Waals surface area contributed by atoms with Crippen LogP contribution in [0.15, 0.2) is 69.0 Å². The number of aromatic nitrogens is 3. The highest BCUT2D eigenvalue weighted by atomic mass is 32.2. The Balaban J connectivity index is 1.50. The number of methoxy groups -OCH3 is 2. The topological polar surface area (TPSA) is 113 Å². The fraction of sp³-hybridized carbons (Fsp3) is 0.143. The molecule has 1 aromatic carbocycles. The number of carbonyl (C=O) groups excluding carboxylic acids is 1. The van der Waals surface area contributed by atoms with Gasteiger partial charge in [0.2, 0.25) is 11.1 Å². The summed E-state index contributed by atoms with van der Waals surface area (Å²) in [4.78, 5) is 17.0. The van der Waals surface area contributed by atoms with E-state index in [-0.39, 0.29) is 11.7 Å². The van der Waals surface area contributed by atoms with Crippen molar-refractivity contribution in [2.75, 3.05) is 25.3 Å². The number of nitrogens with one attached hydrogen (secondary N) is 1. The molecule has 1 N–H and O–H groups in total. The molecule has 0 aliphatic carbocycles. The van der Waals surface area contributed by atoms with E-state index in [0.717, 1.165) is 11.8 Å². The summed E-state index contributed by atoms with van der Waals surface area (Å²) in [6, 6.07) is 12.2. The number of amides is 1. The number of nitrogens with zero attached hydrogens (tertiary/aromatic N) is 3. The maximum atomic E-state index is 12.5. The molecule has 3 heterocycles. The van der Waals surface area contributed by atoms with Gasteiger partial charge in [-0.15, -0.1) is 10.2 Å². The number of thioether (sulfide) groups is 1. The molecule has 0 radical (unpaired) electrons. The zero-order valence-corrected chi connectivity index (χ0v) is 17.5. The number of anilines is 1. The summed E-state index contributed by atoms with van der Waals surface area (Å²) >= 11 is 1.15. The molecular formula is C21H18N4O5S. The molecule has 10 heteroatoms. The zero-order chi connectivity index (χ0) is 21.6. The quantitative estimate of drug-likeness (QED) is 0.406. The fourth-order valence-electron chi connectivity index (χ4n) is 2.76. The van der Waals surface area contributed by atoms with Gasteiger partial charge in [-0.3, -0.25) is 4.79 Å². The lowest BCUT2D eigenvalue weighted by Gasteiger charge is -2.11. The monoisotopic (exact) mass is 438 g/mol. The van der Waals surface area contributed by atoms with Crippen molar-refractivity contribution in [1.82, 2.24) is 15.2 Å². The smallest absolute Gasteiger partial charge is 0.234 e. The molecule has 0 saturated carbocycles. The van der Waals surface area contributed by atoms with Gasteiger partial charge in [0.1, 0.15) is 17.2 Å². The van der Waals surface area contributed by atoms with Crippen LogP contribution in [-0.4, -0.2) is 41.1 Å². The second-order valence-corrected chi connectivity index (χ2v) is 7.09. The molecule has 4 rings (SSSR count). The normalized spacial score (nSPS) is 10.6. The first-order chi connectivity index (χ1) is 15.2. The molecule has 0 saturated heterocycles. The summed E-state index contributed by atoms with van der Waals surface area (Å²) in [7, 11) is 3.08. The third-order valence-corrected chi connectivity index (χ3v) is 5.03. The maximum Gasteiger partial charge on any atom is 0.234 e. The highest BCUT2D eigenvalue weighted by Crippen LogP contribution is 2.31. The van der Waals surface area contributed by atoms with Crippen LogP contribution in [0.25, 0.3) is 22.9 Å². The van der Waals surface area contributed by atoms with E-state index in [1.54, 1.807) is 62.1 Å². The van der Waals surface area contributed by atoms with Crippen molar-refractivity contribution in [1.29, 1.82) is 0 Å². The van der Waals surface area contributed by atoms with E-state index in [2.05, 4.69) is 20.5 Å². The van der Waals surface area contributed by atoms with Crippen LogP contribution >= 0.6 is 11.8 Å². The van der Waals surface area contributed by atoms with Gasteiger partial charge in [0.15, 0.2) is 17.2 Å². The first-order valence-electron chi connectivity index (χ1n) is 9.15. The number of hydrogen-bond donors (Lipinski definition) is 1. The Labute approximate surface area is 181 Å². The summed E-state index contributed by atoms with van der Waals surface area (Å²) in [5, 5.41) is 11.5. The van der Waals surface area contributed by atoms with Gasteiger partial charge in [0.25, 0.3) is 0 Å². The molecule has 158 valence electrons. The van der Waals surface area contributed by atoms with Crippen LogP contribution in [0.2, 0.25) is 0 Å². The van der Waals surface area contributed by atoms with Gasteiger partial charge >= 0.3 is 0 Å². The van der Waals surface area contributed by atoms with Gasteiger partial charge in [-0.25, -0.2) is 4.98 Å². The second-order valence-electron chi connectivity index (χ2n) is 6.15. The van der Waals surface area contributed by atoms with Gasteiger partial charge in [0.05, 0.1) is 38.2 Å². The number of hydrogen-bond acceptors (Lipinski definition) is 9. The summed E-state index contributed by atoms with van der Waals surface area (Å²) in [5.74, 6) is 1.99. The maximum absolute atomic E-state index is 12.5. The Morgan fingerprint density at radius 1 is 1.00 bits per heavy atom. The Kier molecular flexibility index (Phi) is 6.18. The van der Waals surface area contributed by atoms with Crippen molar-refractivity contribution in [3.8, 4) is 34.4 Å². The number of benzene rings is 1. The minimum atomic E-state index is -0.255. The highest BCUT2D eigenvalue weighted by molar-refractivity contribution is 7.99. The van der Waals surface area contributed by atoms with Gasteiger partial charge < -0.3 is 23.6 Å². The standard InChI is InChI=1S/C21H18N4O5S/c1-27-13-7-8-15(28-2)14(11-13)22-18(26)12-31-21-23-19(16-5-3-9-29-16)20(24-25-21)17-6-4-10-30-17/h3-11H,12H2,1-2H3,(H,22,26). The molecule has 0 atom stereocenters. The van der Waals surface area contributed by atoms with Crippen molar-refractivity contribution in [3.63, 3.8) is 0 Å². The van der Waals surface area contributed by atoms with E-state index >= 15 is 0 Å². The molecule has 4 aromatic rings. The minimum absolute atomic E-state index is 0.0692. The molecule has 31 heavy (non-hydrogen) atoms. The third kappa shape index (κ3) is 4.69. The summed E-state index contributed by atoms with van der Waals surface area (Å²) in [6.07, 6.45) is 3.09. The van der Waals surface area contributed by atoms with Crippen molar-refractivity contribution in [3.05, 3.63) is 55.0 Å². The molecule has 0 fully saturated rings. The van der Waals surface area contributed by atoms with E-state index < -0.39 is 0 Å². The predicted molar refractivity (Wildman–Crippen MR) is 114 cm³/mol. The number of carbonyl (C=O) groups is 1. The number of furan rings is 2. The van der Waals surface area contributed by atoms with Crippen molar-refractivity contribution < 1.29 is 23.1 Å². The Bertz CT molecular complexity index is 1160. The molecule has 0 spiro atoms. The molecule has 0 aliphatic heterocycles. The van der Waals surface area contributed by atoms with E-state index in [0.29, 0.717) is 45.3 Å². The summed E-state index contributed by atoms with van der Waals surface area (Å²) in [6.45, 7) is 0. The number of rotatable bonds is 8. The Morgan fingerprint density at radius 3 is 2.39 bits per heavy atom. The molecule has 1 amide bonds. The van der Waals surface area contributed by atoms with Gasteiger partial charge in [0, 0.05) is 6.07 Å². The van der Waals surface area contributed by atoms with E-state index in [9.17, 15) is 4.79 Å². The van der Waals surface area contributed by atoms with Crippen LogP contribution < -0.4 is 14.8 Å². The summed E-state index contributed by atoms with van der Waals surface area (Å²) in [5.41, 5.74) is 1.44. The van der Waals surface area contributed by atoms with Crippen molar-refractivity contribution in [2.45, 2.75) is 5.16 Å². The first kappa shape index (κ1) is 20.5. The zero-order valence-electron chi connectivity index (χ0n) is 16.7. The van der Waals surface area contributed by atoms with Crippen molar-refractivity contribution in [2.24, 2.45) is 0 Å². The van der Waals surface area contributed by atoms with Gasteiger partial charge in [-0.1, -0.05) is 11.8 Å². The van der Waals surface area contributed by atoms with Crippen LogP contribution in [0.1, 0.15) is 0 Å². The van der Waals surface area contributed by atoms with E-state index in [1.165, 1.54) is 7.11 Å². The molecule has 0 unspecified atom stereocenters. The lowest BCUT2D eigenvalue weighted by molar-refractivity contribution is -0.113. The van der Waals surface area contributed by atoms with Crippen LogP contribution in [0.3, 0.4) is 0 Å². The molecule has 3 aromatic heterocycles.